The standard InChI is InChI=1S/C14H14ClNO3S/c1-18-12-7-9(15)3-5-11(12)14-16-10(8-20-14)4-6-13(17)19-2/h3,5,7-8H,4,6H2,1-2H3. The zero-order valence-corrected chi connectivity index (χ0v) is 12.8. The van der Waals surface area contributed by atoms with Gasteiger partial charge in [0.15, 0.2) is 0 Å². The summed E-state index contributed by atoms with van der Waals surface area (Å²) in [6.45, 7) is 0. The topological polar surface area (TPSA) is 48.4 Å². The van der Waals surface area contributed by atoms with E-state index in [1.165, 1.54) is 18.4 Å². The molecule has 0 saturated carbocycles. The third-order valence-electron chi connectivity index (χ3n) is 2.76. The molecular formula is C14H14ClNO3S. The number of aromatic nitrogens is 1. The minimum atomic E-state index is -0.233. The number of rotatable bonds is 5. The smallest absolute Gasteiger partial charge is 0.305 e. The molecule has 0 bridgehead atoms. The first kappa shape index (κ1) is 14.8. The lowest BCUT2D eigenvalue weighted by Gasteiger charge is -2.06. The van der Waals surface area contributed by atoms with E-state index in [0.717, 1.165) is 16.3 Å². The van der Waals surface area contributed by atoms with E-state index >= 15 is 0 Å². The number of halogens is 1. The second-order valence-electron chi connectivity index (χ2n) is 4.06. The maximum Gasteiger partial charge on any atom is 0.305 e. The number of aryl methyl sites for hydroxylation is 1. The normalized spacial score (nSPS) is 10.3. The van der Waals surface area contributed by atoms with Crippen LogP contribution in [0.25, 0.3) is 10.6 Å². The van der Waals surface area contributed by atoms with Crippen LogP contribution in [0.5, 0.6) is 5.75 Å². The number of hydrogen-bond donors (Lipinski definition) is 0. The van der Waals surface area contributed by atoms with Gasteiger partial charge in [-0.3, -0.25) is 4.79 Å². The van der Waals surface area contributed by atoms with Gasteiger partial charge in [-0.15, -0.1) is 11.3 Å². The van der Waals surface area contributed by atoms with Gasteiger partial charge in [0.25, 0.3) is 0 Å². The molecule has 20 heavy (non-hydrogen) atoms. The van der Waals surface area contributed by atoms with Gasteiger partial charge in [0.1, 0.15) is 10.8 Å². The molecule has 0 aliphatic carbocycles. The van der Waals surface area contributed by atoms with Gasteiger partial charge in [-0.1, -0.05) is 11.6 Å². The van der Waals surface area contributed by atoms with Crippen molar-refractivity contribution < 1.29 is 14.3 Å². The van der Waals surface area contributed by atoms with Crippen LogP contribution in [0.15, 0.2) is 23.6 Å². The van der Waals surface area contributed by atoms with E-state index in [0.29, 0.717) is 23.6 Å². The third-order valence-corrected chi connectivity index (χ3v) is 3.92. The van der Waals surface area contributed by atoms with Crippen LogP contribution in [-0.4, -0.2) is 25.2 Å². The minimum Gasteiger partial charge on any atom is -0.496 e. The van der Waals surface area contributed by atoms with Crippen LogP contribution in [0.2, 0.25) is 5.02 Å². The van der Waals surface area contributed by atoms with Crippen LogP contribution in [0.3, 0.4) is 0 Å². The molecule has 0 aliphatic rings. The van der Waals surface area contributed by atoms with Crippen LogP contribution in [0.4, 0.5) is 0 Å². The van der Waals surface area contributed by atoms with Crippen molar-refractivity contribution in [3.05, 3.63) is 34.3 Å². The Morgan fingerprint density at radius 1 is 1.40 bits per heavy atom. The Labute approximate surface area is 126 Å². The van der Waals surface area contributed by atoms with Crippen LogP contribution in [0.1, 0.15) is 12.1 Å². The molecule has 0 atom stereocenters. The lowest BCUT2D eigenvalue weighted by atomic mass is 10.2. The summed E-state index contributed by atoms with van der Waals surface area (Å²) in [7, 11) is 2.98. The van der Waals surface area contributed by atoms with Crippen molar-refractivity contribution in [3.8, 4) is 16.3 Å². The summed E-state index contributed by atoms with van der Waals surface area (Å²) < 4.78 is 9.93. The van der Waals surface area contributed by atoms with Crippen molar-refractivity contribution in [3.63, 3.8) is 0 Å². The van der Waals surface area contributed by atoms with E-state index in [-0.39, 0.29) is 5.97 Å². The first-order valence-electron chi connectivity index (χ1n) is 5.99. The molecule has 0 unspecified atom stereocenters. The quantitative estimate of drug-likeness (QED) is 0.792. The SMILES string of the molecule is COC(=O)CCc1csc(-c2ccc(Cl)cc2OC)n1. The molecule has 1 aromatic carbocycles. The van der Waals surface area contributed by atoms with E-state index in [1.54, 1.807) is 19.2 Å². The predicted octanol–water partition coefficient (Wildman–Crippen LogP) is 3.58. The highest BCUT2D eigenvalue weighted by atomic mass is 35.5. The summed E-state index contributed by atoms with van der Waals surface area (Å²) >= 11 is 7.45. The Kier molecular flexibility index (Phi) is 4.98. The Bertz CT molecular complexity index is 612. The molecule has 6 heteroatoms. The molecule has 106 valence electrons. The molecule has 0 radical (unpaired) electrons. The van der Waals surface area contributed by atoms with Crippen molar-refractivity contribution in [2.75, 3.05) is 14.2 Å². The predicted molar refractivity (Wildman–Crippen MR) is 79.4 cm³/mol. The van der Waals surface area contributed by atoms with Crippen molar-refractivity contribution in [1.29, 1.82) is 0 Å². The highest BCUT2D eigenvalue weighted by molar-refractivity contribution is 7.13. The molecule has 2 rings (SSSR count). The van der Waals surface area contributed by atoms with E-state index in [1.807, 2.05) is 11.4 Å². The van der Waals surface area contributed by atoms with Gasteiger partial charge in [-0.25, -0.2) is 4.98 Å². The van der Waals surface area contributed by atoms with Gasteiger partial charge in [-0.2, -0.15) is 0 Å². The number of thiazole rings is 1. The van der Waals surface area contributed by atoms with Gasteiger partial charge >= 0.3 is 5.97 Å². The Hall–Kier alpha value is -1.59. The Morgan fingerprint density at radius 2 is 2.20 bits per heavy atom. The fourth-order valence-electron chi connectivity index (χ4n) is 1.72. The van der Waals surface area contributed by atoms with Crippen molar-refractivity contribution >= 4 is 28.9 Å². The largest absolute Gasteiger partial charge is 0.496 e. The molecule has 1 heterocycles. The summed E-state index contributed by atoms with van der Waals surface area (Å²) in [6.07, 6.45) is 0.899. The summed E-state index contributed by atoms with van der Waals surface area (Å²) in [4.78, 5) is 15.6. The number of carbonyl (C=O) groups excluding carboxylic acids is 1. The van der Waals surface area contributed by atoms with Gasteiger partial charge in [0.05, 0.1) is 31.9 Å². The van der Waals surface area contributed by atoms with Gasteiger partial charge in [-0.05, 0) is 18.2 Å². The molecule has 0 saturated heterocycles. The first-order chi connectivity index (χ1) is 9.63. The third kappa shape index (κ3) is 3.49. The number of methoxy groups -OCH3 is 2. The fourth-order valence-corrected chi connectivity index (χ4v) is 2.77. The van der Waals surface area contributed by atoms with Crippen LogP contribution >= 0.6 is 22.9 Å². The molecule has 0 aliphatic heterocycles. The molecule has 1 aromatic heterocycles. The molecular weight excluding hydrogens is 298 g/mol. The molecule has 0 amide bonds. The highest BCUT2D eigenvalue weighted by Gasteiger charge is 2.11. The molecule has 2 aromatic rings. The van der Waals surface area contributed by atoms with E-state index in [9.17, 15) is 4.79 Å². The fraction of sp³-hybridized carbons (Fsp3) is 0.286. The maximum absolute atomic E-state index is 11.1. The van der Waals surface area contributed by atoms with Crippen LogP contribution < -0.4 is 4.74 Å². The van der Waals surface area contributed by atoms with Crippen molar-refractivity contribution in [2.24, 2.45) is 0 Å². The minimum absolute atomic E-state index is 0.233. The van der Waals surface area contributed by atoms with E-state index in [2.05, 4.69) is 9.72 Å². The van der Waals surface area contributed by atoms with Gasteiger partial charge in [0.2, 0.25) is 0 Å². The first-order valence-corrected chi connectivity index (χ1v) is 7.25. The number of carbonyl (C=O) groups is 1. The zero-order chi connectivity index (χ0) is 14.5. The molecule has 0 spiro atoms. The lowest BCUT2D eigenvalue weighted by molar-refractivity contribution is -0.140. The molecule has 4 nitrogen and oxygen atoms in total. The number of hydrogen-bond acceptors (Lipinski definition) is 5. The van der Waals surface area contributed by atoms with Gasteiger partial charge < -0.3 is 9.47 Å². The molecule has 0 fully saturated rings. The van der Waals surface area contributed by atoms with Crippen LogP contribution in [-0.2, 0) is 16.0 Å². The average molecular weight is 312 g/mol. The average Bonchev–Trinajstić information content (AvgIpc) is 2.93. The van der Waals surface area contributed by atoms with Crippen molar-refractivity contribution in [1.82, 2.24) is 4.98 Å². The lowest BCUT2D eigenvalue weighted by Crippen LogP contribution is -2.01. The zero-order valence-electron chi connectivity index (χ0n) is 11.2. The Balaban J connectivity index is 2.18. The summed E-state index contributed by atoms with van der Waals surface area (Å²) in [5.74, 6) is 0.454. The summed E-state index contributed by atoms with van der Waals surface area (Å²) in [6, 6.07) is 5.44. The number of ether oxygens (including phenoxy) is 2. The van der Waals surface area contributed by atoms with E-state index < -0.39 is 0 Å². The number of benzene rings is 1. The van der Waals surface area contributed by atoms with Gasteiger partial charge in [0, 0.05) is 16.8 Å². The number of nitrogens with zero attached hydrogens (tertiary/aromatic N) is 1. The summed E-state index contributed by atoms with van der Waals surface area (Å²) in [5, 5.41) is 3.40. The van der Waals surface area contributed by atoms with Crippen LogP contribution in [0, 0.1) is 0 Å². The number of esters is 1. The maximum atomic E-state index is 11.1. The second-order valence-corrected chi connectivity index (χ2v) is 5.36. The monoisotopic (exact) mass is 311 g/mol. The highest BCUT2D eigenvalue weighted by Crippen LogP contribution is 2.34. The molecule has 0 N–H and O–H groups in total. The van der Waals surface area contributed by atoms with Crippen molar-refractivity contribution in [2.45, 2.75) is 12.8 Å². The second kappa shape index (κ2) is 6.72. The summed E-state index contributed by atoms with van der Waals surface area (Å²) in [5.41, 5.74) is 1.76. The Morgan fingerprint density at radius 3 is 2.90 bits per heavy atom. The van der Waals surface area contributed by atoms with E-state index in [4.69, 9.17) is 16.3 Å².